The van der Waals surface area contributed by atoms with Crippen LogP contribution in [-0.2, 0) is 12.8 Å². The van der Waals surface area contributed by atoms with E-state index in [0.29, 0.717) is 5.75 Å². The highest BCUT2D eigenvalue weighted by Crippen LogP contribution is 2.30. The Kier molecular flexibility index (Phi) is 6.63. The second-order valence-electron chi connectivity index (χ2n) is 5.03. The minimum absolute atomic E-state index is 0.283. The van der Waals surface area contributed by atoms with Gasteiger partial charge in [0.1, 0.15) is 11.5 Å². The molecule has 2 nitrogen and oxygen atoms in total. The van der Waals surface area contributed by atoms with Crippen LogP contribution in [-0.4, -0.2) is 10.2 Å². The maximum absolute atomic E-state index is 10.2. The van der Waals surface area contributed by atoms with Gasteiger partial charge in [-0.2, -0.15) is 0 Å². The molecule has 0 aliphatic rings. The Morgan fingerprint density at radius 2 is 1.22 bits per heavy atom. The Bertz CT molecular complexity index is 327. The molecule has 0 aliphatic carbocycles. The standard InChI is InChI=1S/C16H26O2/c1-3-5-7-9-13-11-15(17)12-14(16(13)18)10-8-6-4-2/h11-12,17-18H,3-10H2,1-2H3. The molecule has 1 aromatic rings. The molecular weight excluding hydrogens is 224 g/mol. The van der Waals surface area contributed by atoms with Crippen molar-refractivity contribution in [2.24, 2.45) is 0 Å². The predicted octanol–water partition coefficient (Wildman–Crippen LogP) is 4.56. The number of hydrogen-bond donors (Lipinski definition) is 2. The van der Waals surface area contributed by atoms with E-state index in [2.05, 4.69) is 13.8 Å². The van der Waals surface area contributed by atoms with Crippen LogP contribution in [0.5, 0.6) is 11.5 Å². The number of aromatic hydroxyl groups is 2. The smallest absolute Gasteiger partial charge is 0.122 e. The Labute approximate surface area is 111 Å². The molecule has 0 fully saturated rings. The molecule has 0 atom stereocenters. The minimum Gasteiger partial charge on any atom is -0.508 e. The molecule has 1 aromatic carbocycles. The lowest BCUT2D eigenvalue weighted by molar-refractivity contribution is 0.445. The maximum Gasteiger partial charge on any atom is 0.122 e. The van der Waals surface area contributed by atoms with E-state index in [0.717, 1.165) is 36.8 Å². The number of benzene rings is 1. The van der Waals surface area contributed by atoms with E-state index in [4.69, 9.17) is 0 Å². The second kappa shape index (κ2) is 8.02. The Morgan fingerprint density at radius 3 is 1.61 bits per heavy atom. The summed E-state index contributed by atoms with van der Waals surface area (Å²) in [6, 6.07) is 3.41. The van der Waals surface area contributed by atoms with Gasteiger partial charge in [0.15, 0.2) is 0 Å². The molecule has 0 saturated carbocycles. The van der Waals surface area contributed by atoms with Gasteiger partial charge in [-0.25, -0.2) is 0 Å². The first kappa shape index (κ1) is 14.9. The molecule has 0 aromatic heterocycles. The van der Waals surface area contributed by atoms with Gasteiger partial charge in [-0.1, -0.05) is 39.5 Å². The molecule has 0 radical (unpaired) electrons. The average molecular weight is 250 g/mol. The number of phenolic OH excluding ortho intramolecular Hbond substituents is 2. The zero-order valence-corrected chi connectivity index (χ0v) is 11.7. The van der Waals surface area contributed by atoms with E-state index >= 15 is 0 Å². The van der Waals surface area contributed by atoms with Crippen molar-refractivity contribution in [2.75, 3.05) is 0 Å². The molecule has 0 bridgehead atoms. The lowest BCUT2D eigenvalue weighted by Gasteiger charge is -2.11. The summed E-state index contributed by atoms with van der Waals surface area (Å²) in [6.45, 7) is 4.33. The zero-order valence-electron chi connectivity index (χ0n) is 11.7. The molecule has 0 aliphatic heterocycles. The van der Waals surface area contributed by atoms with Crippen LogP contribution in [0, 0.1) is 0 Å². The van der Waals surface area contributed by atoms with Gasteiger partial charge in [0, 0.05) is 0 Å². The predicted molar refractivity (Wildman–Crippen MR) is 76.2 cm³/mol. The van der Waals surface area contributed by atoms with Crippen molar-refractivity contribution in [1.82, 2.24) is 0 Å². The van der Waals surface area contributed by atoms with E-state index in [1.165, 1.54) is 25.7 Å². The number of unbranched alkanes of at least 4 members (excludes halogenated alkanes) is 4. The normalized spacial score (nSPS) is 10.8. The first-order chi connectivity index (χ1) is 8.69. The van der Waals surface area contributed by atoms with Gasteiger partial charge in [-0.15, -0.1) is 0 Å². The van der Waals surface area contributed by atoms with E-state index in [-0.39, 0.29) is 5.75 Å². The molecule has 0 heterocycles. The molecule has 18 heavy (non-hydrogen) atoms. The summed E-state index contributed by atoms with van der Waals surface area (Å²) in [7, 11) is 0. The van der Waals surface area contributed by atoms with Crippen LogP contribution >= 0.6 is 0 Å². The van der Waals surface area contributed by atoms with Crippen LogP contribution in [0.1, 0.15) is 63.5 Å². The Hall–Kier alpha value is -1.18. The Balaban J connectivity index is 2.71. The molecule has 0 saturated heterocycles. The summed E-state index contributed by atoms with van der Waals surface area (Å²) in [5.74, 6) is 0.686. The summed E-state index contributed by atoms with van der Waals surface area (Å²) >= 11 is 0. The van der Waals surface area contributed by atoms with Gasteiger partial charge in [0.25, 0.3) is 0 Å². The van der Waals surface area contributed by atoms with Gasteiger partial charge in [0.2, 0.25) is 0 Å². The molecule has 0 amide bonds. The highest BCUT2D eigenvalue weighted by atomic mass is 16.3. The van der Waals surface area contributed by atoms with Crippen LogP contribution in [0.25, 0.3) is 0 Å². The van der Waals surface area contributed by atoms with Gasteiger partial charge >= 0.3 is 0 Å². The van der Waals surface area contributed by atoms with Crippen molar-refractivity contribution in [3.05, 3.63) is 23.3 Å². The molecule has 1 rings (SSSR count). The van der Waals surface area contributed by atoms with Crippen molar-refractivity contribution < 1.29 is 10.2 Å². The van der Waals surface area contributed by atoms with Crippen LogP contribution in [0.15, 0.2) is 12.1 Å². The van der Waals surface area contributed by atoms with E-state index in [1.54, 1.807) is 12.1 Å². The molecular formula is C16H26O2. The van der Waals surface area contributed by atoms with Crippen molar-refractivity contribution in [1.29, 1.82) is 0 Å². The lowest BCUT2D eigenvalue weighted by Crippen LogP contribution is -1.93. The minimum atomic E-state index is 0.283. The quantitative estimate of drug-likeness (QED) is 0.524. The van der Waals surface area contributed by atoms with Crippen molar-refractivity contribution >= 4 is 0 Å². The average Bonchev–Trinajstić information content (AvgIpc) is 2.35. The summed E-state index contributed by atoms with van der Waals surface area (Å²) in [5.41, 5.74) is 1.80. The maximum atomic E-state index is 10.2. The van der Waals surface area contributed by atoms with Crippen molar-refractivity contribution in [3.63, 3.8) is 0 Å². The molecule has 102 valence electrons. The summed E-state index contributed by atoms with van der Waals surface area (Å²) < 4.78 is 0. The van der Waals surface area contributed by atoms with E-state index in [9.17, 15) is 10.2 Å². The zero-order chi connectivity index (χ0) is 13.4. The summed E-state index contributed by atoms with van der Waals surface area (Å²) in [4.78, 5) is 0. The number of hydrogen-bond acceptors (Lipinski definition) is 2. The van der Waals surface area contributed by atoms with Gasteiger partial charge in [-0.05, 0) is 48.9 Å². The largest absolute Gasteiger partial charge is 0.508 e. The van der Waals surface area contributed by atoms with E-state index < -0.39 is 0 Å². The highest BCUT2D eigenvalue weighted by Gasteiger charge is 2.09. The third-order valence-corrected chi connectivity index (χ3v) is 3.35. The third kappa shape index (κ3) is 4.59. The lowest BCUT2D eigenvalue weighted by atomic mass is 9.99. The fourth-order valence-electron chi connectivity index (χ4n) is 2.25. The Morgan fingerprint density at radius 1 is 0.778 bits per heavy atom. The van der Waals surface area contributed by atoms with Gasteiger partial charge < -0.3 is 10.2 Å². The molecule has 2 heteroatoms. The number of rotatable bonds is 8. The van der Waals surface area contributed by atoms with Crippen molar-refractivity contribution in [2.45, 2.75) is 65.2 Å². The summed E-state index contributed by atoms with van der Waals surface area (Å²) in [5, 5.41) is 19.9. The summed E-state index contributed by atoms with van der Waals surface area (Å²) in [6.07, 6.45) is 8.53. The van der Waals surface area contributed by atoms with Crippen LogP contribution < -0.4 is 0 Å². The van der Waals surface area contributed by atoms with Gasteiger partial charge in [0.05, 0.1) is 0 Å². The molecule has 0 spiro atoms. The first-order valence-corrected chi connectivity index (χ1v) is 7.22. The number of aryl methyl sites for hydroxylation is 2. The number of phenols is 2. The molecule has 2 N–H and O–H groups in total. The van der Waals surface area contributed by atoms with Gasteiger partial charge in [-0.3, -0.25) is 0 Å². The molecule has 0 unspecified atom stereocenters. The first-order valence-electron chi connectivity index (χ1n) is 7.22. The second-order valence-corrected chi connectivity index (χ2v) is 5.03. The monoisotopic (exact) mass is 250 g/mol. The van der Waals surface area contributed by atoms with E-state index in [1.807, 2.05) is 0 Å². The van der Waals surface area contributed by atoms with Crippen LogP contribution in [0.3, 0.4) is 0 Å². The SMILES string of the molecule is CCCCCc1cc(O)cc(CCCCC)c1O. The fourth-order valence-corrected chi connectivity index (χ4v) is 2.25. The van der Waals surface area contributed by atoms with Crippen LogP contribution in [0.4, 0.5) is 0 Å². The van der Waals surface area contributed by atoms with Crippen LogP contribution in [0.2, 0.25) is 0 Å². The topological polar surface area (TPSA) is 40.5 Å². The van der Waals surface area contributed by atoms with Crippen molar-refractivity contribution in [3.8, 4) is 11.5 Å². The third-order valence-electron chi connectivity index (χ3n) is 3.35. The fraction of sp³-hybridized carbons (Fsp3) is 0.625. The highest BCUT2D eigenvalue weighted by molar-refractivity contribution is 5.46.